The molecular formula is C19H31ClN2O4. The highest BCUT2D eigenvalue weighted by Gasteiger charge is 2.62. The van der Waals surface area contributed by atoms with Crippen LogP contribution >= 0.6 is 12.4 Å². The fraction of sp³-hybridized carbons (Fsp3) is 0.632. The van der Waals surface area contributed by atoms with Gasteiger partial charge in [0.2, 0.25) is 5.91 Å². The van der Waals surface area contributed by atoms with Crippen molar-refractivity contribution in [2.75, 3.05) is 27.4 Å². The molecule has 0 aliphatic heterocycles. The van der Waals surface area contributed by atoms with Gasteiger partial charge in [-0.3, -0.25) is 4.79 Å². The van der Waals surface area contributed by atoms with Crippen LogP contribution < -0.4 is 20.5 Å². The molecule has 1 aromatic rings. The molecule has 1 aromatic carbocycles. The lowest BCUT2D eigenvalue weighted by atomic mass is 9.54. The summed E-state index contributed by atoms with van der Waals surface area (Å²) in [5.41, 5.74) is 6.18. The van der Waals surface area contributed by atoms with E-state index in [1.807, 2.05) is 39.0 Å². The van der Waals surface area contributed by atoms with E-state index < -0.39 is 5.54 Å². The highest BCUT2D eigenvalue weighted by molar-refractivity contribution is 5.88. The second-order valence-electron chi connectivity index (χ2n) is 7.04. The summed E-state index contributed by atoms with van der Waals surface area (Å²) in [6.45, 7) is 7.08. The van der Waals surface area contributed by atoms with Crippen molar-refractivity contribution >= 4 is 18.3 Å². The van der Waals surface area contributed by atoms with Crippen LogP contribution in [0, 0.1) is 5.41 Å². The van der Waals surface area contributed by atoms with Gasteiger partial charge in [0.05, 0.1) is 20.3 Å². The summed E-state index contributed by atoms with van der Waals surface area (Å²) in [6.07, 6.45) is 1.27. The molecule has 1 amide bonds. The fourth-order valence-corrected chi connectivity index (χ4v) is 3.33. The highest BCUT2D eigenvalue weighted by atomic mass is 35.5. The van der Waals surface area contributed by atoms with E-state index >= 15 is 0 Å². The zero-order valence-corrected chi connectivity index (χ0v) is 17.1. The highest BCUT2D eigenvalue weighted by Crippen LogP contribution is 2.49. The number of amides is 1. The summed E-state index contributed by atoms with van der Waals surface area (Å²) >= 11 is 0. The minimum atomic E-state index is -0.884. The SMILES string of the molecule is CCOC1CC(N)(C(=O)NCCc2ccc(OC)c(OC)c2)C1(C)C.Cl. The second kappa shape index (κ2) is 8.93. The molecule has 26 heavy (non-hydrogen) atoms. The Hall–Kier alpha value is -1.50. The zero-order chi connectivity index (χ0) is 18.7. The van der Waals surface area contributed by atoms with Gasteiger partial charge in [-0.25, -0.2) is 0 Å². The summed E-state index contributed by atoms with van der Waals surface area (Å²) in [5, 5.41) is 2.97. The normalized spacial score (nSPS) is 23.4. The summed E-state index contributed by atoms with van der Waals surface area (Å²) < 4.78 is 16.2. The van der Waals surface area contributed by atoms with Crippen LogP contribution in [0.2, 0.25) is 0 Å². The smallest absolute Gasteiger partial charge is 0.240 e. The Morgan fingerprint density at radius 3 is 2.46 bits per heavy atom. The van der Waals surface area contributed by atoms with E-state index in [4.69, 9.17) is 19.9 Å². The molecule has 6 nitrogen and oxygen atoms in total. The fourth-order valence-electron chi connectivity index (χ4n) is 3.33. The summed E-state index contributed by atoms with van der Waals surface area (Å²) in [4.78, 5) is 12.6. The Bertz CT molecular complexity index is 624. The lowest BCUT2D eigenvalue weighted by Gasteiger charge is -2.57. The van der Waals surface area contributed by atoms with Crippen LogP contribution in [0.15, 0.2) is 18.2 Å². The molecule has 0 radical (unpaired) electrons. The van der Waals surface area contributed by atoms with Crippen molar-refractivity contribution in [3.8, 4) is 11.5 Å². The molecule has 2 rings (SSSR count). The van der Waals surface area contributed by atoms with E-state index in [1.165, 1.54) is 0 Å². The molecule has 0 aromatic heterocycles. The predicted molar refractivity (Wildman–Crippen MR) is 104 cm³/mol. The number of carbonyl (C=O) groups is 1. The van der Waals surface area contributed by atoms with E-state index in [9.17, 15) is 4.79 Å². The van der Waals surface area contributed by atoms with Gasteiger partial charge < -0.3 is 25.3 Å². The van der Waals surface area contributed by atoms with Crippen LogP contribution in [-0.4, -0.2) is 44.9 Å². The van der Waals surface area contributed by atoms with Crippen LogP contribution in [0.4, 0.5) is 0 Å². The first-order valence-corrected chi connectivity index (χ1v) is 8.69. The molecule has 0 heterocycles. The molecule has 1 fully saturated rings. The quantitative estimate of drug-likeness (QED) is 0.716. The summed E-state index contributed by atoms with van der Waals surface area (Å²) in [6, 6.07) is 5.74. The number of halogens is 1. The lowest BCUT2D eigenvalue weighted by Crippen LogP contribution is -2.75. The molecule has 1 aliphatic carbocycles. The van der Waals surface area contributed by atoms with E-state index in [0.29, 0.717) is 37.5 Å². The Labute approximate surface area is 162 Å². The van der Waals surface area contributed by atoms with Gasteiger partial charge in [0.15, 0.2) is 11.5 Å². The van der Waals surface area contributed by atoms with Gasteiger partial charge in [0, 0.05) is 25.0 Å². The van der Waals surface area contributed by atoms with Crippen molar-refractivity contribution in [2.45, 2.75) is 45.3 Å². The van der Waals surface area contributed by atoms with Crippen molar-refractivity contribution in [2.24, 2.45) is 11.1 Å². The summed E-state index contributed by atoms with van der Waals surface area (Å²) in [5.74, 6) is 1.25. The first kappa shape index (κ1) is 22.5. The van der Waals surface area contributed by atoms with Crippen molar-refractivity contribution in [1.82, 2.24) is 5.32 Å². The molecule has 2 unspecified atom stereocenters. The van der Waals surface area contributed by atoms with E-state index in [-0.39, 0.29) is 29.8 Å². The predicted octanol–water partition coefficient (Wildman–Crippen LogP) is 2.32. The maximum atomic E-state index is 12.6. The van der Waals surface area contributed by atoms with Gasteiger partial charge in [0.1, 0.15) is 5.54 Å². The molecule has 0 bridgehead atoms. The third-order valence-electron chi connectivity index (χ3n) is 5.38. The average Bonchev–Trinajstić information content (AvgIpc) is 2.60. The number of hydrogen-bond donors (Lipinski definition) is 2. The number of nitrogens with one attached hydrogen (secondary N) is 1. The molecule has 148 valence electrons. The van der Waals surface area contributed by atoms with Crippen LogP contribution in [-0.2, 0) is 16.0 Å². The maximum Gasteiger partial charge on any atom is 0.240 e. The molecular weight excluding hydrogens is 356 g/mol. The largest absolute Gasteiger partial charge is 0.493 e. The van der Waals surface area contributed by atoms with Gasteiger partial charge >= 0.3 is 0 Å². The number of carbonyl (C=O) groups excluding carboxylic acids is 1. The monoisotopic (exact) mass is 386 g/mol. The molecule has 0 spiro atoms. The Morgan fingerprint density at radius 2 is 1.92 bits per heavy atom. The van der Waals surface area contributed by atoms with Gasteiger partial charge in [-0.1, -0.05) is 19.9 Å². The Morgan fingerprint density at radius 1 is 1.27 bits per heavy atom. The maximum absolute atomic E-state index is 12.6. The van der Waals surface area contributed by atoms with E-state index in [0.717, 1.165) is 5.56 Å². The van der Waals surface area contributed by atoms with Crippen LogP contribution in [0.1, 0.15) is 32.8 Å². The number of nitrogens with two attached hydrogens (primary N) is 1. The van der Waals surface area contributed by atoms with Gasteiger partial charge in [-0.05, 0) is 31.0 Å². The number of ether oxygens (including phenoxy) is 3. The molecule has 3 N–H and O–H groups in total. The third-order valence-corrected chi connectivity index (χ3v) is 5.38. The van der Waals surface area contributed by atoms with Gasteiger partial charge in [0.25, 0.3) is 0 Å². The standard InChI is InChI=1S/C19H30N2O4.ClH/c1-6-25-16-12-19(20,18(16,2)3)17(22)21-10-9-13-7-8-14(23-4)15(11-13)24-5;/h7-8,11,16H,6,9-10,12,20H2,1-5H3,(H,21,22);1H. The first-order valence-electron chi connectivity index (χ1n) is 8.69. The molecule has 2 atom stereocenters. The number of hydrogen-bond acceptors (Lipinski definition) is 5. The van der Waals surface area contributed by atoms with E-state index in [2.05, 4.69) is 5.32 Å². The molecule has 1 saturated carbocycles. The molecule has 7 heteroatoms. The molecule has 0 saturated heterocycles. The van der Waals surface area contributed by atoms with Crippen molar-refractivity contribution in [1.29, 1.82) is 0 Å². The number of benzene rings is 1. The minimum absolute atomic E-state index is 0. The first-order chi connectivity index (χ1) is 11.8. The van der Waals surface area contributed by atoms with Crippen LogP contribution in [0.3, 0.4) is 0 Å². The van der Waals surface area contributed by atoms with Crippen LogP contribution in [0.5, 0.6) is 11.5 Å². The Balaban J connectivity index is 0.00000338. The Kier molecular flexibility index (Phi) is 7.74. The van der Waals surface area contributed by atoms with Gasteiger partial charge in [-0.2, -0.15) is 0 Å². The van der Waals surface area contributed by atoms with Gasteiger partial charge in [-0.15, -0.1) is 12.4 Å². The zero-order valence-electron chi connectivity index (χ0n) is 16.3. The van der Waals surface area contributed by atoms with Crippen molar-refractivity contribution in [3.05, 3.63) is 23.8 Å². The minimum Gasteiger partial charge on any atom is -0.493 e. The lowest BCUT2D eigenvalue weighted by molar-refractivity contribution is -0.170. The third kappa shape index (κ3) is 4.08. The second-order valence-corrected chi connectivity index (χ2v) is 7.04. The summed E-state index contributed by atoms with van der Waals surface area (Å²) in [7, 11) is 3.21. The van der Waals surface area contributed by atoms with Crippen molar-refractivity contribution < 1.29 is 19.0 Å². The molecule has 1 aliphatic rings. The topological polar surface area (TPSA) is 82.8 Å². The van der Waals surface area contributed by atoms with Crippen LogP contribution in [0.25, 0.3) is 0 Å². The number of methoxy groups -OCH3 is 2. The van der Waals surface area contributed by atoms with E-state index in [1.54, 1.807) is 14.2 Å². The number of rotatable bonds is 8. The van der Waals surface area contributed by atoms with Crippen molar-refractivity contribution in [3.63, 3.8) is 0 Å². The average molecular weight is 387 g/mol.